The number of thioether (sulfide) groups is 1. The zero-order valence-electron chi connectivity index (χ0n) is 12.1. The number of aryl methyl sites for hydroxylation is 1. The molecule has 0 radical (unpaired) electrons. The zero-order valence-corrected chi connectivity index (χ0v) is 12.9. The molecule has 0 saturated heterocycles. The second-order valence-corrected chi connectivity index (χ2v) is 7.20. The quantitative estimate of drug-likeness (QED) is 0.818. The van der Waals surface area contributed by atoms with Crippen molar-refractivity contribution >= 4 is 22.6 Å². The van der Waals surface area contributed by atoms with Gasteiger partial charge < -0.3 is 5.32 Å². The van der Waals surface area contributed by atoms with E-state index in [1.54, 1.807) is 17.8 Å². The Labute approximate surface area is 124 Å². The van der Waals surface area contributed by atoms with Gasteiger partial charge in [-0.25, -0.2) is 4.39 Å². The Morgan fingerprint density at radius 1 is 1.45 bits per heavy atom. The summed E-state index contributed by atoms with van der Waals surface area (Å²) in [5, 5.41) is 4.05. The molecule has 1 spiro atoms. The second kappa shape index (κ2) is 5.40. The molecule has 4 heteroatoms. The number of nitrogens with zero attached hydrogens (tertiary/aromatic N) is 1. The van der Waals surface area contributed by atoms with Crippen LogP contribution in [0.25, 0.3) is 0 Å². The maximum absolute atomic E-state index is 13.8. The Balaban J connectivity index is 1.77. The van der Waals surface area contributed by atoms with Crippen LogP contribution in [0.5, 0.6) is 0 Å². The summed E-state index contributed by atoms with van der Waals surface area (Å²) in [5.41, 5.74) is 1.70. The summed E-state index contributed by atoms with van der Waals surface area (Å²) < 4.78 is 13.8. The first-order valence-electron chi connectivity index (χ1n) is 7.32. The van der Waals surface area contributed by atoms with E-state index in [0.717, 1.165) is 22.4 Å². The van der Waals surface area contributed by atoms with Gasteiger partial charge in [0.1, 0.15) is 5.82 Å². The molecule has 1 aromatic rings. The summed E-state index contributed by atoms with van der Waals surface area (Å²) in [6.07, 6.45) is 4.92. The molecule has 0 amide bonds. The van der Waals surface area contributed by atoms with E-state index in [-0.39, 0.29) is 11.4 Å². The number of hydrogen-bond donors (Lipinski definition) is 1. The predicted octanol–water partition coefficient (Wildman–Crippen LogP) is 4.60. The maximum Gasteiger partial charge on any atom is 0.161 e. The van der Waals surface area contributed by atoms with Crippen LogP contribution in [-0.2, 0) is 0 Å². The van der Waals surface area contributed by atoms with Gasteiger partial charge in [0.25, 0.3) is 0 Å². The van der Waals surface area contributed by atoms with Crippen molar-refractivity contribution in [3.63, 3.8) is 0 Å². The lowest BCUT2D eigenvalue weighted by molar-refractivity contribution is 0.266. The molecule has 1 aliphatic carbocycles. The van der Waals surface area contributed by atoms with Gasteiger partial charge in [0.2, 0.25) is 0 Å². The second-order valence-electron chi connectivity index (χ2n) is 6.24. The van der Waals surface area contributed by atoms with Crippen LogP contribution >= 0.6 is 11.8 Å². The minimum atomic E-state index is -0.211. The van der Waals surface area contributed by atoms with Crippen LogP contribution in [0.1, 0.15) is 38.2 Å². The number of hydrogen-bond acceptors (Lipinski definition) is 3. The van der Waals surface area contributed by atoms with Crippen molar-refractivity contribution in [1.29, 1.82) is 0 Å². The van der Waals surface area contributed by atoms with Crippen molar-refractivity contribution in [3.05, 3.63) is 29.6 Å². The van der Waals surface area contributed by atoms with E-state index in [1.807, 2.05) is 13.0 Å². The molecule has 1 N–H and O–H groups in total. The molecule has 2 nitrogen and oxygen atoms in total. The standard InChI is InChI=1S/C16H21FN2S/c1-11-5-6-13(17)14(8-11)18-15-19-16(10-20-15)7-3-4-12(2)9-16/h5-6,8,12H,3-4,7,9-10H2,1-2H3,(H,18,19). The SMILES string of the molecule is Cc1ccc(F)c(NC2=NC3(CCCC(C)C3)CS2)c1. The highest BCUT2D eigenvalue weighted by Gasteiger charge is 2.39. The van der Waals surface area contributed by atoms with Crippen molar-refractivity contribution in [2.75, 3.05) is 11.1 Å². The average Bonchev–Trinajstić information content (AvgIpc) is 2.76. The molecule has 2 atom stereocenters. The lowest BCUT2D eigenvalue weighted by Gasteiger charge is -2.33. The molecule has 1 saturated carbocycles. The van der Waals surface area contributed by atoms with Crippen molar-refractivity contribution in [2.45, 2.75) is 45.1 Å². The highest BCUT2D eigenvalue weighted by atomic mass is 32.2. The monoisotopic (exact) mass is 292 g/mol. The molecular formula is C16H21FN2S. The van der Waals surface area contributed by atoms with Crippen molar-refractivity contribution < 1.29 is 4.39 Å². The number of benzene rings is 1. The molecule has 3 rings (SSSR count). The minimum Gasteiger partial charge on any atom is -0.333 e. The number of rotatable bonds is 1. The van der Waals surface area contributed by atoms with Gasteiger partial charge in [-0.05, 0) is 43.4 Å². The van der Waals surface area contributed by atoms with E-state index >= 15 is 0 Å². The van der Waals surface area contributed by atoms with Crippen molar-refractivity contribution in [2.24, 2.45) is 10.9 Å². The molecule has 20 heavy (non-hydrogen) atoms. The van der Waals surface area contributed by atoms with Crippen LogP contribution in [0, 0.1) is 18.7 Å². The van der Waals surface area contributed by atoms with E-state index in [0.29, 0.717) is 5.69 Å². The van der Waals surface area contributed by atoms with Crippen molar-refractivity contribution in [3.8, 4) is 0 Å². The largest absolute Gasteiger partial charge is 0.333 e. The lowest BCUT2D eigenvalue weighted by atomic mass is 9.78. The Morgan fingerprint density at radius 3 is 3.10 bits per heavy atom. The third kappa shape index (κ3) is 2.85. The fourth-order valence-electron chi connectivity index (χ4n) is 3.26. The van der Waals surface area contributed by atoms with Gasteiger partial charge in [0.15, 0.2) is 5.17 Å². The van der Waals surface area contributed by atoms with E-state index in [9.17, 15) is 4.39 Å². The van der Waals surface area contributed by atoms with Gasteiger partial charge in [-0.3, -0.25) is 4.99 Å². The lowest BCUT2D eigenvalue weighted by Crippen LogP contribution is -2.33. The van der Waals surface area contributed by atoms with E-state index in [1.165, 1.54) is 31.7 Å². The predicted molar refractivity (Wildman–Crippen MR) is 85.0 cm³/mol. The number of amidine groups is 1. The molecule has 1 aromatic carbocycles. The first kappa shape index (κ1) is 13.9. The number of aliphatic imine (C=N–C) groups is 1. The molecule has 0 aromatic heterocycles. The van der Waals surface area contributed by atoms with Crippen LogP contribution in [0.3, 0.4) is 0 Å². The van der Waals surface area contributed by atoms with Crippen LogP contribution in [0.15, 0.2) is 23.2 Å². The molecule has 2 aliphatic rings. The van der Waals surface area contributed by atoms with E-state index < -0.39 is 0 Å². The minimum absolute atomic E-state index is 0.102. The third-order valence-electron chi connectivity index (χ3n) is 4.25. The van der Waals surface area contributed by atoms with Crippen LogP contribution in [-0.4, -0.2) is 16.5 Å². The molecule has 0 bridgehead atoms. The Kier molecular flexibility index (Phi) is 3.76. The summed E-state index contributed by atoms with van der Waals surface area (Å²) in [6.45, 7) is 4.28. The summed E-state index contributed by atoms with van der Waals surface area (Å²) in [5.74, 6) is 1.58. The smallest absolute Gasteiger partial charge is 0.161 e. The molecule has 1 aliphatic heterocycles. The maximum atomic E-state index is 13.8. The Morgan fingerprint density at radius 2 is 2.30 bits per heavy atom. The zero-order chi connectivity index (χ0) is 14.2. The van der Waals surface area contributed by atoms with Gasteiger partial charge in [-0.15, -0.1) is 0 Å². The molecule has 2 unspecified atom stereocenters. The number of anilines is 1. The van der Waals surface area contributed by atoms with Gasteiger partial charge in [-0.2, -0.15) is 0 Å². The van der Waals surface area contributed by atoms with Gasteiger partial charge in [0.05, 0.1) is 11.2 Å². The van der Waals surface area contributed by atoms with E-state index in [2.05, 4.69) is 12.2 Å². The summed E-state index contributed by atoms with van der Waals surface area (Å²) in [7, 11) is 0. The van der Waals surface area contributed by atoms with Gasteiger partial charge >= 0.3 is 0 Å². The Bertz CT molecular complexity index is 543. The summed E-state index contributed by atoms with van der Waals surface area (Å²) in [6, 6.07) is 5.14. The molecule has 1 heterocycles. The van der Waals surface area contributed by atoms with Crippen LogP contribution < -0.4 is 5.32 Å². The third-order valence-corrected chi connectivity index (χ3v) is 5.40. The number of halogens is 1. The highest BCUT2D eigenvalue weighted by Crippen LogP contribution is 2.42. The van der Waals surface area contributed by atoms with Gasteiger partial charge in [0, 0.05) is 5.75 Å². The first-order valence-corrected chi connectivity index (χ1v) is 8.31. The van der Waals surface area contributed by atoms with E-state index in [4.69, 9.17) is 4.99 Å². The molecule has 1 fully saturated rings. The highest BCUT2D eigenvalue weighted by molar-refractivity contribution is 8.14. The molecular weight excluding hydrogens is 271 g/mol. The van der Waals surface area contributed by atoms with Gasteiger partial charge in [-0.1, -0.05) is 37.6 Å². The fourth-order valence-corrected chi connectivity index (χ4v) is 4.43. The van der Waals surface area contributed by atoms with Crippen molar-refractivity contribution in [1.82, 2.24) is 0 Å². The summed E-state index contributed by atoms with van der Waals surface area (Å²) >= 11 is 1.73. The normalized spacial score (nSPS) is 29.6. The van der Waals surface area contributed by atoms with Crippen LogP contribution in [0.2, 0.25) is 0 Å². The number of nitrogens with one attached hydrogen (secondary N) is 1. The average molecular weight is 292 g/mol. The topological polar surface area (TPSA) is 24.4 Å². The van der Waals surface area contributed by atoms with Crippen LogP contribution in [0.4, 0.5) is 10.1 Å². The fraction of sp³-hybridized carbons (Fsp3) is 0.562. The Hall–Kier alpha value is -1.03. The summed E-state index contributed by atoms with van der Waals surface area (Å²) in [4.78, 5) is 4.90. The first-order chi connectivity index (χ1) is 9.56. The molecule has 108 valence electrons.